The van der Waals surface area contributed by atoms with Crippen molar-refractivity contribution >= 4 is 0 Å². The molecule has 0 aliphatic heterocycles. The van der Waals surface area contributed by atoms with E-state index < -0.39 is 6.10 Å². The number of aromatic hydroxyl groups is 1. The van der Waals surface area contributed by atoms with Gasteiger partial charge in [0.05, 0.1) is 6.10 Å². The Morgan fingerprint density at radius 3 is 2.17 bits per heavy atom. The molecule has 0 amide bonds. The fourth-order valence-electron chi connectivity index (χ4n) is 2.03. The Morgan fingerprint density at radius 1 is 0.944 bits per heavy atom. The van der Waals surface area contributed by atoms with Crippen LogP contribution in [0.1, 0.15) is 24.0 Å². The van der Waals surface area contributed by atoms with Gasteiger partial charge in [0, 0.05) is 5.92 Å². The highest BCUT2D eigenvalue weighted by Gasteiger charge is 2.16. The summed E-state index contributed by atoms with van der Waals surface area (Å²) in [5.74, 6) is 0.351. The van der Waals surface area contributed by atoms with Crippen molar-refractivity contribution in [3.8, 4) is 5.75 Å². The van der Waals surface area contributed by atoms with E-state index in [9.17, 15) is 10.2 Å². The molecule has 2 atom stereocenters. The van der Waals surface area contributed by atoms with Crippen LogP contribution in [0, 0.1) is 0 Å². The first kappa shape index (κ1) is 12.7. The minimum atomic E-state index is -0.419. The Morgan fingerprint density at radius 2 is 1.56 bits per heavy atom. The van der Waals surface area contributed by atoms with Gasteiger partial charge in [0.1, 0.15) is 5.75 Å². The third kappa shape index (κ3) is 3.11. The summed E-state index contributed by atoms with van der Waals surface area (Å²) in [6.45, 7) is 2.03. The summed E-state index contributed by atoms with van der Waals surface area (Å²) in [4.78, 5) is 0. The molecule has 2 heteroatoms. The molecule has 2 aromatic rings. The highest BCUT2D eigenvalue weighted by molar-refractivity contribution is 5.27. The molecule has 2 unspecified atom stereocenters. The number of phenolic OH excluding ortho intramolecular Hbond substituents is 1. The predicted octanol–water partition coefficient (Wildman–Crippen LogP) is 3.10. The summed E-state index contributed by atoms with van der Waals surface area (Å²) >= 11 is 0. The van der Waals surface area contributed by atoms with Crippen LogP contribution in [0.15, 0.2) is 54.6 Å². The van der Waals surface area contributed by atoms with Gasteiger partial charge in [-0.3, -0.25) is 0 Å². The van der Waals surface area contributed by atoms with Gasteiger partial charge in [-0.1, -0.05) is 49.4 Å². The van der Waals surface area contributed by atoms with Crippen molar-refractivity contribution in [2.45, 2.75) is 25.4 Å². The summed E-state index contributed by atoms with van der Waals surface area (Å²) in [7, 11) is 0. The highest BCUT2D eigenvalue weighted by atomic mass is 16.3. The second-order valence-corrected chi connectivity index (χ2v) is 4.64. The molecule has 0 aliphatic carbocycles. The topological polar surface area (TPSA) is 40.5 Å². The Bertz CT molecular complexity index is 476. The molecule has 0 saturated heterocycles. The van der Waals surface area contributed by atoms with Gasteiger partial charge in [0.15, 0.2) is 0 Å². The van der Waals surface area contributed by atoms with Crippen LogP contribution in [0.3, 0.4) is 0 Å². The zero-order valence-electron chi connectivity index (χ0n) is 10.5. The number of hydrogen-bond donors (Lipinski definition) is 2. The minimum Gasteiger partial charge on any atom is -0.508 e. The molecular formula is C16H18O2. The Hall–Kier alpha value is -1.80. The third-order valence-electron chi connectivity index (χ3n) is 3.28. The first-order valence-corrected chi connectivity index (χ1v) is 6.18. The third-order valence-corrected chi connectivity index (χ3v) is 3.28. The molecule has 2 nitrogen and oxygen atoms in total. The fourth-order valence-corrected chi connectivity index (χ4v) is 2.03. The lowest BCUT2D eigenvalue weighted by Gasteiger charge is -2.19. The number of hydrogen-bond acceptors (Lipinski definition) is 2. The monoisotopic (exact) mass is 242 g/mol. The Kier molecular flexibility index (Phi) is 4.00. The van der Waals surface area contributed by atoms with Crippen LogP contribution in [0.25, 0.3) is 0 Å². The molecule has 0 saturated carbocycles. The molecule has 0 fully saturated rings. The van der Waals surface area contributed by atoms with E-state index in [4.69, 9.17) is 0 Å². The van der Waals surface area contributed by atoms with Crippen LogP contribution in [0.4, 0.5) is 0 Å². The fraction of sp³-hybridized carbons (Fsp3) is 0.250. The largest absolute Gasteiger partial charge is 0.508 e. The molecule has 0 heterocycles. The maximum Gasteiger partial charge on any atom is 0.115 e. The smallest absolute Gasteiger partial charge is 0.115 e. The molecule has 0 spiro atoms. The summed E-state index contributed by atoms with van der Waals surface area (Å²) in [6.07, 6.45) is 0.174. The van der Waals surface area contributed by atoms with Crippen molar-refractivity contribution < 1.29 is 10.2 Å². The van der Waals surface area contributed by atoms with E-state index in [-0.39, 0.29) is 11.7 Å². The number of rotatable bonds is 4. The molecule has 2 aromatic carbocycles. The maximum atomic E-state index is 10.2. The van der Waals surface area contributed by atoms with Crippen LogP contribution in [0.2, 0.25) is 0 Å². The lowest BCUT2D eigenvalue weighted by atomic mass is 9.91. The SMILES string of the molecule is CC(c1ccccc1)C(O)Cc1ccc(O)cc1. The van der Waals surface area contributed by atoms with Gasteiger partial charge < -0.3 is 10.2 Å². The molecule has 2 N–H and O–H groups in total. The molecule has 0 bridgehead atoms. The van der Waals surface area contributed by atoms with Crippen LogP contribution in [-0.2, 0) is 6.42 Å². The number of phenols is 1. The summed E-state index contributed by atoms with van der Waals surface area (Å²) < 4.78 is 0. The van der Waals surface area contributed by atoms with Gasteiger partial charge in [-0.25, -0.2) is 0 Å². The second kappa shape index (κ2) is 5.69. The van der Waals surface area contributed by atoms with Crippen LogP contribution >= 0.6 is 0 Å². The molecule has 0 aromatic heterocycles. The van der Waals surface area contributed by atoms with Gasteiger partial charge in [-0.05, 0) is 29.7 Å². The van der Waals surface area contributed by atoms with Crippen LogP contribution in [0.5, 0.6) is 5.75 Å². The first-order valence-electron chi connectivity index (χ1n) is 6.18. The maximum absolute atomic E-state index is 10.2. The molecular weight excluding hydrogens is 224 g/mol. The van der Waals surface area contributed by atoms with Gasteiger partial charge in [0.2, 0.25) is 0 Å². The molecule has 94 valence electrons. The number of aliphatic hydroxyl groups is 1. The van der Waals surface area contributed by atoms with Gasteiger partial charge >= 0.3 is 0 Å². The van der Waals surface area contributed by atoms with E-state index in [0.717, 1.165) is 11.1 Å². The van der Waals surface area contributed by atoms with E-state index in [1.165, 1.54) is 0 Å². The van der Waals surface area contributed by atoms with Crippen molar-refractivity contribution in [2.75, 3.05) is 0 Å². The summed E-state index contributed by atoms with van der Waals surface area (Å²) in [5, 5.41) is 19.4. The zero-order chi connectivity index (χ0) is 13.0. The average molecular weight is 242 g/mol. The molecule has 18 heavy (non-hydrogen) atoms. The Balaban J connectivity index is 2.03. The minimum absolute atomic E-state index is 0.0972. The van der Waals surface area contributed by atoms with E-state index in [1.54, 1.807) is 12.1 Å². The van der Waals surface area contributed by atoms with Gasteiger partial charge in [-0.2, -0.15) is 0 Å². The van der Waals surface area contributed by atoms with Gasteiger partial charge in [-0.15, -0.1) is 0 Å². The normalized spacial score (nSPS) is 14.1. The standard InChI is InChI=1S/C16H18O2/c1-12(14-5-3-2-4-6-14)16(18)11-13-7-9-15(17)10-8-13/h2-10,12,16-18H,11H2,1H3. The summed E-state index contributed by atoms with van der Waals surface area (Å²) in [6, 6.07) is 17.0. The van der Waals surface area contributed by atoms with Crippen molar-refractivity contribution in [3.05, 3.63) is 65.7 Å². The molecule has 0 aliphatic rings. The lowest BCUT2D eigenvalue weighted by Crippen LogP contribution is -2.18. The first-order chi connectivity index (χ1) is 8.66. The zero-order valence-corrected chi connectivity index (χ0v) is 10.5. The van der Waals surface area contributed by atoms with Crippen molar-refractivity contribution in [1.82, 2.24) is 0 Å². The van der Waals surface area contributed by atoms with Crippen molar-refractivity contribution in [3.63, 3.8) is 0 Å². The lowest BCUT2D eigenvalue weighted by molar-refractivity contribution is 0.149. The second-order valence-electron chi connectivity index (χ2n) is 4.64. The number of aliphatic hydroxyl groups excluding tert-OH is 1. The van der Waals surface area contributed by atoms with Crippen molar-refractivity contribution in [1.29, 1.82) is 0 Å². The quantitative estimate of drug-likeness (QED) is 0.865. The summed E-state index contributed by atoms with van der Waals surface area (Å²) in [5.41, 5.74) is 2.17. The number of benzene rings is 2. The van der Waals surface area contributed by atoms with E-state index >= 15 is 0 Å². The average Bonchev–Trinajstić information content (AvgIpc) is 2.41. The van der Waals surface area contributed by atoms with E-state index in [1.807, 2.05) is 49.4 Å². The van der Waals surface area contributed by atoms with Gasteiger partial charge in [0.25, 0.3) is 0 Å². The van der Waals surface area contributed by atoms with Crippen LogP contribution < -0.4 is 0 Å². The van der Waals surface area contributed by atoms with Crippen LogP contribution in [-0.4, -0.2) is 16.3 Å². The Labute approximate surface area is 108 Å². The van der Waals surface area contributed by atoms with E-state index in [2.05, 4.69) is 0 Å². The predicted molar refractivity (Wildman–Crippen MR) is 72.7 cm³/mol. The highest BCUT2D eigenvalue weighted by Crippen LogP contribution is 2.22. The van der Waals surface area contributed by atoms with E-state index in [0.29, 0.717) is 6.42 Å². The molecule has 0 radical (unpaired) electrons. The van der Waals surface area contributed by atoms with Crippen molar-refractivity contribution in [2.24, 2.45) is 0 Å². The molecule has 2 rings (SSSR count).